The highest BCUT2D eigenvalue weighted by Crippen LogP contribution is 2.24. The normalized spacial score (nSPS) is 14.9. The van der Waals surface area contributed by atoms with Gasteiger partial charge in [-0.05, 0) is 17.2 Å². The molecular formula is C25H21N4O+. The third-order valence-electron chi connectivity index (χ3n) is 5.31. The van der Waals surface area contributed by atoms with Crippen LogP contribution >= 0.6 is 0 Å². The maximum Gasteiger partial charge on any atom is 0.359 e. The van der Waals surface area contributed by atoms with E-state index in [0.29, 0.717) is 12.8 Å². The molecule has 0 amide bonds. The number of carbonyl (C=O) groups excluding carboxylic acids is 1. The van der Waals surface area contributed by atoms with Crippen LogP contribution in [0, 0.1) is 0 Å². The number of aromatic nitrogens is 3. The van der Waals surface area contributed by atoms with Crippen molar-refractivity contribution in [2.75, 3.05) is 5.32 Å². The van der Waals surface area contributed by atoms with E-state index in [4.69, 9.17) is 4.98 Å². The minimum absolute atomic E-state index is 0.0303. The molecule has 0 bridgehead atoms. The maximum absolute atomic E-state index is 13.2. The minimum Gasteiger partial charge on any atom is -0.264 e. The number of nitrogens with one attached hydrogen (secondary N) is 1. The van der Waals surface area contributed by atoms with Gasteiger partial charge in [0, 0.05) is 30.8 Å². The van der Waals surface area contributed by atoms with E-state index in [2.05, 4.69) is 22.4 Å². The van der Waals surface area contributed by atoms with Gasteiger partial charge >= 0.3 is 11.7 Å². The molecule has 0 aliphatic carbocycles. The van der Waals surface area contributed by atoms with Gasteiger partial charge in [0.2, 0.25) is 0 Å². The molecule has 2 aromatic carbocycles. The molecule has 5 nitrogen and oxygen atoms in total. The van der Waals surface area contributed by atoms with Crippen LogP contribution < -0.4 is 9.88 Å². The molecule has 5 rings (SSSR count). The average molecular weight is 393 g/mol. The first-order valence-corrected chi connectivity index (χ1v) is 10.0. The van der Waals surface area contributed by atoms with Gasteiger partial charge in [-0.2, -0.15) is 4.57 Å². The zero-order valence-corrected chi connectivity index (χ0v) is 16.4. The molecule has 0 saturated heterocycles. The first-order valence-electron chi connectivity index (χ1n) is 10.0. The molecule has 3 heterocycles. The quantitative estimate of drug-likeness (QED) is 0.525. The lowest BCUT2D eigenvalue weighted by molar-refractivity contribution is -0.552. The molecular weight excluding hydrogens is 372 g/mol. The van der Waals surface area contributed by atoms with Crippen LogP contribution in [0.4, 0.5) is 5.82 Å². The molecule has 0 spiro atoms. The molecule has 146 valence electrons. The molecule has 0 saturated carbocycles. The summed E-state index contributed by atoms with van der Waals surface area (Å²) in [4.78, 5) is 22.3. The number of pyridine rings is 1. The Morgan fingerprint density at radius 3 is 2.37 bits per heavy atom. The summed E-state index contributed by atoms with van der Waals surface area (Å²) in [7, 11) is 0. The van der Waals surface area contributed by atoms with E-state index in [9.17, 15) is 4.79 Å². The zero-order chi connectivity index (χ0) is 20.3. The molecule has 5 heteroatoms. The van der Waals surface area contributed by atoms with Crippen LogP contribution in [0.25, 0.3) is 11.3 Å². The van der Waals surface area contributed by atoms with Gasteiger partial charge in [-0.1, -0.05) is 66.7 Å². The van der Waals surface area contributed by atoms with E-state index < -0.39 is 0 Å². The van der Waals surface area contributed by atoms with Crippen LogP contribution in [0.2, 0.25) is 0 Å². The van der Waals surface area contributed by atoms with Crippen LogP contribution in [-0.4, -0.2) is 21.9 Å². The molecule has 0 fully saturated rings. The van der Waals surface area contributed by atoms with Crippen molar-refractivity contribution in [1.82, 2.24) is 9.97 Å². The molecule has 1 aliphatic heterocycles. The van der Waals surface area contributed by atoms with Crippen molar-refractivity contribution in [2.45, 2.75) is 18.9 Å². The SMILES string of the molecule is O=C1C(Cc2cccnc2)Nc2c(Cc3ccccc3)nc(-c3ccccc3)c[n+]21. The lowest BCUT2D eigenvalue weighted by Crippen LogP contribution is -2.44. The third kappa shape index (κ3) is 3.57. The van der Waals surface area contributed by atoms with Gasteiger partial charge in [0.25, 0.3) is 0 Å². The number of hydrogen-bond acceptors (Lipinski definition) is 4. The lowest BCUT2D eigenvalue weighted by atomic mass is 10.1. The summed E-state index contributed by atoms with van der Waals surface area (Å²) in [5.74, 6) is 0.806. The monoisotopic (exact) mass is 393 g/mol. The van der Waals surface area contributed by atoms with Crippen LogP contribution in [0.15, 0.2) is 91.4 Å². The van der Waals surface area contributed by atoms with Crippen LogP contribution in [-0.2, 0) is 12.8 Å². The largest absolute Gasteiger partial charge is 0.359 e. The second-order valence-corrected chi connectivity index (χ2v) is 7.42. The van der Waals surface area contributed by atoms with E-state index in [1.165, 1.54) is 0 Å². The fourth-order valence-electron chi connectivity index (χ4n) is 3.83. The second-order valence-electron chi connectivity index (χ2n) is 7.42. The number of fused-ring (bicyclic) bond motifs is 1. The second kappa shape index (κ2) is 7.87. The molecule has 0 radical (unpaired) electrons. The maximum atomic E-state index is 13.2. The topological polar surface area (TPSA) is 58.8 Å². The van der Waals surface area contributed by atoms with Crippen LogP contribution in [0.3, 0.4) is 0 Å². The Hall–Kier alpha value is -3.86. The summed E-state index contributed by atoms with van der Waals surface area (Å²) in [5, 5.41) is 3.42. The first-order chi connectivity index (χ1) is 14.8. The van der Waals surface area contributed by atoms with E-state index >= 15 is 0 Å². The Bertz CT molecular complexity index is 1180. The summed E-state index contributed by atoms with van der Waals surface area (Å²) < 4.78 is 1.73. The molecule has 1 N–H and O–H groups in total. The summed E-state index contributed by atoms with van der Waals surface area (Å²) in [5.41, 5.74) is 4.83. The highest BCUT2D eigenvalue weighted by atomic mass is 16.2. The molecule has 1 aliphatic rings. The Labute approximate surface area is 175 Å². The Kier molecular flexibility index (Phi) is 4.77. The van der Waals surface area contributed by atoms with Crippen molar-refractivity contribution in [3.63, 3.8) is 0 Å². The van der Waals surface area contributed by atoms with Crippen molar-refractivity contribution < 1.29 is 9.36 Å². The van der Waals surface area contributed by atoms with E-state index in [0.717, 1.165) is 33.9 Å². The van der Waals surface area contributed by atoms with Crippen LogP contribution in [0.1, 0.15) is 21.6 Å². The van der Waals surface area contributed by atoms with E-state index in [-0.39, 0.29) is 11.9 Å². The predicted octanol–water partition coefficient (Wildman–Crippen LogP) is 3.70. The van der Waals surface area contributed by atoms with Gasteiger partial charge in [-0.15, -0.1) is 0 Å². The van der Waals surface area contributed by atoms with Gasteiger partial charge in [-0.25, -0.2) is 9.78 Å². The summed E-state index contributed by atoms with van der Waals surface area (Å²) in [6.45, 7) is 0. The van der Waals surface area contributed by atoms with Gasteiger partial charge in [-0.3, -0.25) is 10.3 Å². The van der Waals surface area contributed by atoms with E-state index in [1.807, 2.05) is 66.9 Å². The molecule has 2 aromatic heterocycles. The first kappa shape index (κ1) is 18.2. The zero-order valence-electron chi connectivity index (χ0n) is 16.4. The molecule has 1 atom stereocenters. The Morgan fingerprint density at radius 1 is 0.900 bits per heavy atom. The van der Waals surface area contributed by atoms with Crippen LogP contribution in [0.5, 0.6) is 0 Å². The fraction of sp³-hybridized carbons (Fsp3) is 0.120. The average Bonchev–Trinajstić information content (AvgIpc) is 3.11. The highest BCUT2D eigenvalue weighted by molar-refractivity contribution is 5.82. The highest BCUT2D eigenvalue weighted by Gasteiger charge is 2.41. The van der Waals surface area contributed by atoms with Crippen molar-refractivity contribution in [3.8, 4) is 11.3 Å². The van der Waals surface area contributed by atoms with Crippen molar-refractivity contribution in [1.29, 1.82) is 0 Å². The molecule has 4 aromatic rings. The number of rotatable bonds is 5. The van der Waals surface area contributed by atoms with Crippen molar-refractivity contribution in [3.05, 3.63) is 108 Å². The number of benzene rings is 2. The third-order valence-corrected chi connectivity index (χ3v) is 5.31. The van der Waals surface area contributed by atoms with Crippen molar-refractivity contribution in [2.24, 2.45) is 0 Å². The minimum atomic E-state index is -0.337. The van der Waals surface area contributed by atoms with Gasteiger partial charge in [0.05, 0.1) is 0 Å². The number of carbonyl (C=O) groups is 1. The number of anilines is 1. The van der Waals surface area contributed by atoms with Gasteiger partial charge in [0.15, 0.2) is 6.04 Å². The Balaban J connectivity index is 1.55. The molecule has 30 heavy (non-hydrogen) atoms. The van der Waals surface area contributed by atoms with Gasteiger partial charge < -0.3 is 0 Å². The summed E-state index contributed by atoms with van der Waals surface area (Å²) >= 11 is 0. The lowest BCUT2D eigenvalue weighted by Gasteiger charge is -2.07. The van der Waals surface area contributed by atoms with Gasteiger partial charge in [0.1, 0.15) is 17.6 Å². The number of nitrogens with zero attached hydrogens (tertiary/aromatic N) is 3. The summed E-state index contributed by atoms with van der Waals surface area (Å²) in [6.07, 6.45) is 6.63. The smallest absolute Gasteiger partial charge is 0.264 e. The standard InChI is InChI=1S/C25H20N4O/c30-25-22(15-19-10-7-13-26-16-19)28-24-21(14-18-8-3-1-4-9-18)27-23(17-29(24)25)20-11-5-2-6-12-20/h1-13,16-17,22H,14-15H2/p+1. The van der Waals surface area contributed by atoms with E-state index in [1.54, 1.807) is 17.0 Å². The molecule has 1 unspecified atom stereocenters. The number of hydrogen-bond donors (Lipinski definition) is 1. The fourth-order valence-corrected chi connectivity index (χ4v) is 3.83. The summed E-state index contributed by atoms with van der Waals surface area (Å²) in [6, 6.07) is 23.7. The van der Waals surface area contributed by atoms with Crippen molar-refractivity contribution >= 4 is 11.7 Å². The Morgan fingerprint density at radius 2 is 1.63 bits per heavy atom. The predicted molar refractivity (Wildman–Crippen MR) is 115 cm³/mol.